The number of likely N-dealkylation sites (N-methyl/N-ethyl adjacent to an activating group) is 1. The first-order chi connectivity index (χ1) is 10.1. The number of rotatable bonds is 3. The molecule has 1 aromatic heterocycles. The summed E-state index contributed by atoms with van der Waals surface area (Å²) >= 11 is 6.14. The van der Waals surface area contributed by atoms with E-state index in [-0.39, 0.29) is 0 Å². The molecule has 0 radical (unpaired) electrons. The minimum Gasteiger partial charge on any atom is -0.350 e. The number of nitrogens with two attached hydrogens (primary N) is 1. The molecule has 0 spiro atoms. The standard InChI is InChI=1S/C17H24ClN3/c1-20-8-4-3-5-16(20)14(10-19)15-11-21(2)17-9-12(18)6-7-13(15)17/h6-7,9,11,14,16H,3-5,8,10,19H2,1-2H3. The molecule has 2 N–H and O–H groups in total. The van der Waals surface area contributed by atoms with Crippen LogP contribution in [0.2, 0.25) is 5.02 Å². The summed E-state index contributed by atoms with van der Waals surface area (Å²) in [6.45, 7) is 1.87. The van der Waals surface area contributed by atoms with Crippen molar-refractivity contribution in [1.82, 2.24) is 9.47 Å². The normalized spacial score (nSPS) is 21.8. The van der Waals surface area contributed by atoms with Gasteiger partial charge >= 0.3 is 0 Å². The maximum Gasteiger partial charge on any atom is 0.0495 e. The zero-order valence-electron chi connectivity index (χ0n) is 12.8. The number of aryl methyl sites for hydroxylation is 1. The molecule has 114 valence electrons. The van der Waals surface area contributed by atoms with Crippen molar-refractivity contribution < 1.29 is 0 Å². The molecule has 0 saturated carbocycles. The summed E-state index contributed by atoms with van der Waals surface area (Å²) in [6.07, 6.45) is 6.08. The lowest BCUT2D eigenvalue weighted by Gasteiger charge is -2.37. The summed E-state index contributed by atoms with van der Waals surface area (Å²) in [5, 5.41) is 2.07. The van der Waals surface area contributed by atoms with Gasteiger partial charge in [0.15, 0.2) is 0 Å². The van der Waals surface area contributed by atoms with E-state index in [1.54, 1.807) is 0 Å². The minimum absolute atomic E-state index is 0.389. The Kier molecular flexibility index (Phi) is 4.25. The Balaban J connectivity index is 2.04. The molecule has 3 nitrogen and oxygen atoms in total. The van der Waals surface area contributed by atoms with Gasteiger partial charge in [0, 0.05) is 47.7 Å². The fourth-order valence-corrected chi connectivity index (χ4v) is 3.95. The molecule has 0 amide bonds. The van der Waals surface area contributed by atoms with E-state index in [0.29, 0.717) is 18.5 Å². The van der Waals surface area contributed by atoms with Gasteiger partial charge in [-0.2, -0.15) is 0 Å². The third kappa shape index (κ3) is 2.70. The fourth-order valence-electron chi connectivity index (χ4n) is 3.78. The lowest BCUT2D eigenvalue weighted by molar-refractivity contribution is 0.160. The average molecular weight is 306 g/mol. The summed E-state index contributed by atoms with van der Waals surface area (Å²) in [5.74, 6) is 0.389. The van der Waals surface area contributed by atoms with Crippen molar-refractivity contribution in [2.45, 2.75) is 31.2 Å². The Labute approximate surface area is 131 Å². The highest BCUT2D eigenvalue weighted by molar-refractivity contribution is 6.31. The van der Waals surface area contributed by atoms with Crippen LogP contribution in [0.5, 0.6) is 0 Å². The number of benzene rings is 1. The van der Waals surface area contributed by atoms with Gasteiger partial charge in [0.2, 0.25) is 0 Å². The number of aromatic nitrogens is 1. The van der Waals surface area contributed by atoms with Gasteiger partial charge in [-0.1, -0.05) is 24.1 Å². The first kappa shape index (κ1) is 14.9. The molecule has 1 aromatic carbocycles. The second-order valence-electron chi connectivity index (χ2n) is 6.24. The van der Waals surface area contributed by atoms with Gasteiger partial charge in [-0.3, -0.25) is 0 Å². The Hall–Kier alpha value is -1.03. The van der Waals surface area contributed by atoms with E-state index >= 15 is 0 Å². The van der Waals surface area contributed by atoms with Crippen LogP contribution in [0.4, 0.5) is 0 Å². The predicted octanol–water partition coefficient (Wildman–Crippen LogP) is 3.36. The third-order valence-corrected chi connectivity index (χ3v) is 5.16. The zero-order chi connectivity index (χ0) is 15.0. The smallest absolute Gasteiger partial charge is 0.0495 e. The molecule has 21 heavy (non-hydrogen) atoms. The molecule has 2 aromatic rings. The molecule has 2 unspecified atom stereocenters. The first-order valence-corrected chi connectivity index (χ1v) is 8.14. The molecule has 1 aliphatic rings. The van der Waals surface area contributed by atoms with Gasteiger partial charge in [0.05, 0.1) is 0 Å². The van der Waals surface area contributed by atoms with Gasteiger partial charge in [-0.25, -0.2) is 0 Å². The highest BCUT2D eigenvalue weighted by Gasteiger charge is 2.29. The van der Waals surface area contributed by atoms with Crippen molar-refractivity contribution in [2.75, 3.05) is 20.1 Å². The number of hydrogen-bond donors (Lipinski definition) is 1. The molecule has 2 heterocycles. The van der Waals surface area contributed by atoms with Crippen molar-refractivity contribution in [1.29, 1.82) is 0 Å². The van der Waals surface area contributed by atoms with Crippen LogP contribution in [0.3, 0.4) is 0 Å². The van der Waals surface area contributed by atoms with E-state index < -0.39 is 0 Å². The van der Waals surface area contributed by atoms with E-state index in [2.05, 4.69) is 35.8 Å². The Bertz CT molecular complexity index is 634. The van der Waals surface area contributed by atoms with E-state index in [4.69, 9.17) is 17.3 Å². The highest BCUT2D eigenvalue weighted by Crippen LogP contribution is 2.34. The number of fused-ring (bicyclic) bond motifs is 1. The minimum atomic E-state index is 0.389. The fraction of sp³-hybridized carbons (Fsp3) is 0.529. The van der Waals surface area contributed by atoms with Crippen LogP contribution in [0.1, 0.15) is 30.7 Å². The Morgan fingerprint density at radius 1 is 1.33 bits per heavy atom. The molecular weight excluding hydrogens is 282 g/mol. The maximum atomic E-state index is 6.17. The average Bonchev–Trinajstić information content (AvgIpc) is 2.79. The number of likely N-dealkylation sites (tertiary alicyclic amines) is 1. The van der Waals surface area contributed by atoms with Crippen LogP contribution in [-0.2, 0) is 7.05 Å². The third-order valence-electron chi connectivity index (χ3n) is 4.93. The number of nitrogens with zero attached hydrogens (tertiary/aromatic N) is 2. The topological polar surface area (TPSA) is 34.2 Å². The van der Waals surface area contributed by atoms with Gasteiger partial charge in [-0.05, 0) is 44.1 Å². The second-order valence-corrected chi connectivity index (χ2v) is 6.68. The summed E-state index contributed by atoms with van der Waals surface area (Å²) < 4.78 is 2.17. The molecular formula is C17H24ClN3. The number of piperidine rings is 1. The Morgan fingerprint density at radius 2 is 2.14 bits per heavy atom. The molecule has 1 saturated heterocycles. The van der Waals surface area contributed by atoms with E-state index in [1.807, 2.05) is 12.1 Å². The Morgan fingerprint density at radius 3 is 2.86 bits per heavy atom. The summed E-state index contributed by atoms with van der Waals surface area (Å²) in [4.78, 5) is 2.48. The van der Waals surface area contributed by atoms with E-state index in [1.165, 1.54) is 42.3 Å². The lowest BCUT2D eigenvalue weighted by atomic mass is 9.85. The highest BCUT2D eigenvalue weighted by atomic mass is 35.5. The zero-order valence-corrected chi connectivity index (χ0v) is 13.6. The predicted molar refractivity (Wildman–Crippen MR) is 90.0 cm³/mol. The molecule has 0 aliphatic carbocycles. The summed E-state index contributed by atoms with van der Waals surface area (Å²) in [5.41, 5.74) is 8.72. The molecule has 3 rings (SSSR count). The van der Waals surface area contributed by atoms with Crippen molar-refractivity contribution in [3.63, 3.8) is 0 Å². The number of hydrogen-bond acceptors (Lipinski definition) is 2. The summed E-state index contributed by atoms with van der Waals surface area (Å²) in [6, 6.07) is 6.70. The van der Waals surface area contributed by atoms with Crippen LogP contribution >= 0.6 is 11.6 Å². The molecule has 4 heteroatoms. The van der Waals surface area contributed by atoms with Crippen molar-refractivity contribution in [3.8, 4) is 0 Å². The largest absolute Gasteiger partial charge is 0.350 e. The quantitative estimate of drug-likeness (QED) is 0.943. The first-order valence-electron chi connectivity index (χ1n) is 7.76. The lowest BCUT2D eigenvalue weighted by Crippen LogP contribution is -2.42. The van der Waals surface area contributed by atoms with Crippen LogP contribution in [0.25, 0.3) is 10.9 Å². The van der Waals surface area contributed by atoms with Gasteiger partial charge in [0.25, 0.3) is 0 Å². The van der Waals surface area contributed by atoms with Gasteiger partial charge in [-0.15, -0.1) is 0 Å². The van der Waals surface area contributed by atoms with Crippen LogP contribution in [0, 0.1) is 0 Å². The molecule has 0 bridgehead atoms. The van der Waals surface area contributed by atoms with Crippen LogP contribution < -0.4 is 5.73 Å². The molecule has 1 aliphatic heterocycles. The maximum absolute atomic E-state index is 6.17. The van der Waals surface area contributed by atoms with E-state index in [9.17, 15) is 0 Å². The SMILES string of the molecule is CN1CCCCC1C(CN)c1cn(C)c2cc(Cl)ccc12. The van der Waals surface area contributed by atoms with Crippen LogP contribution in [-0.4, -0.2) is 35.6 Å². The van der Waals surface area contributed by atoms with Gasteiger partial charge in [0.1, 0.15) is 0 Å². The second kappa shape index (κ2) is 5.99. The van der Waals surface area contributed by atoms with Crippen molar-refractivity contribution >= 4 is 22.5 Å². The van der Waals surface area contributed by atoms with Gasteiger partial charge < -0.3 is 15.2 Å². The van der Waals surface area contributed by atoms with E-state index in [0.717, 1.165) is 5.02 Å². The van der Waals surface area contributed by atoms with Crippen LogP contribution in [0.15, 0.2) is 24.4 Å². The summed E-state index contributed by atoms with van der Waals surface area (Å²) in [7, 11) is 4.31. The molecule has 2 atom stereocenters. The number of halogens is 1. The monoisotopic (exact) mass is 305 g/mol. The molecule has 1 fully saturated rings. The van der Waals surface area contributed by atoms with Crippen molar-refractivity contribution in [3.05, 3.63) is 35.0 Å². The van der Waals surface area contributed by atoms with Crippen molar-refractivity contribution in [2.24, 2.45) is 12.8 Å².